The second-order valence-electron chi connectivity index (χ2n) is 16.1. The van der Waals surface area contributed by atoms with Crippen molar-refractivity contribution in [2.75, 3.05) is 33.9 Å². The van der Waals surface area contributed by atoms with E-state index in [9.17, 15) is 19.2 Å². The fraction of sp³-hybridized carbons (Fsp3) is 0.488. The Hall–Kier alpha value is -5.88. The van der Waals surface area contributed by atoms with Crippen LogP contribution in [0.25, 0.3) is 22.3 Å². The van der Waals surface area contributed by atoms with E-state index in [-0.39, 0.29) is 35.7 Å². The molecule has 5 heterocycles. The van der Waals surface area contributed by atoms with E-state index in [1.165, 1.54) is 14.2 Å². The Morgan fingerprint density at radius 1 is 0.845 bits per heavy atom. The summed E-state index contributed by atoms with van der Waals surface area (Å²) in [5.41, 5.74) is 4.53. The molecule has 3 saturated heterocycles. The molecule has 15 heteroatoms. The maximum absolute atomic E-state index is 14.0. The smallest absolute Gasteiger partial charge is 0.407 e. The number of aromatic amines is 2. The number of nitrogens with zero attached hydrogens (tertiary/aromatic N) is 4. The van der Waals surface area contributed by atoms with Gasteiger partial charge in [-0.3, -0.25) is 9.59 Å². The van der Waals surface area contributed by atoms with Crippen LogP contribution in [0.5, 0.6) is 0 Å². The lowest BCUT2D eigenvalue weighted by Gasteiger charge is -2.30. The first kappa shape index (κ1) is 40.3. The van der Waals surface area contributed by atoms with Crippen molar-refractivity contribution in [3.63, 3.8) is 0 Å². The molecule has 4 aromatic rings. The number of alkyl carbamates (subject to hydrolysis) is 2. The lowest BCUT2D eigenvalue weighted by Crippen LogP contribution is -2.51. The third-order valence-corrected chi connectivity index (χ3v) is 11.5. The van der Waals surface area contributed by atoms with E-state index in [2.05, 4.69) is 37.4 Å². The lowest BCUT2D eigenvalue weighted by molar-refractivity contribution is -0.136. The van der Waals surface area contributed by atoms with Crippen LogP contribution in [0.3, 0.4) is 0 Å². The van der Waals surface area contributed by atoms with Crippen molar-refractivity contribution in [2.24, 2.45) is 11.8 Å². The molecule has 0 saturated carbocycles. The third-order valence-electron chi connectivity index (χ3n) is 11.5. The molecule has 3 aliphatic heterocycles. The number of carbonyl (C=O) groups excluding carboxylic acids is 4. The molecular formula is C43H52N8O7. The fourth-order valence-electron chi connectivity index (χ4n) is 8.33. The second kappa shape index (κ2) is 16.9. The summed E-state index contributed by atoms with van der Waals surface area (Å²) in [7, 11) is 2.57. The Balaban J connectivity index is 1.05. The molecule has 306 valence electrons. The molecule has 2 aromatic carbocycles. The van der Waals surface area contributed by atoms with Gasteiger partial charge in [0.25, 0.3) is 0 Å². The van der Waals surface area contributed by atoms with Crippen LogP contribution in [-0.4, -0.2) is 105 Å². The summed E-state index contributed by atoms with van der Waals surface area (Å²) < 4.78 is 15.8. The van der Waals surface area contributed by atoms with Crippen molar-refractivity contribution >= 4 is 35.0 Å². The van der Waals surface area contributed by atoms with Gasteiger partial charge in [-0.05, 0) is 73.4 Å². The zero-order chi connectivity index (χ0) is 41.1. The summed E-state index contributed by atoms with van der Waals surface area (Å²) >= 11 is 0. The molecule has 2 aromatic heterocycles. The van der Waals surface area contributed by atoms with Gasteiger partial charge in [0.1, 0.15) is 23.7 Å². The van der Waals surface area contributed by atoms with Crippen molar-refractivity contribution in [3.8, 4) is 23.1 Å². The molecule has 4 N–H and O–H groups in total. The van der Waals surface area contributed by atoms with Crippen LogP contribution in [0.2, 0.25) is 0 Å². The fourth-order valence-corrected chi connectivity index (χ4v) is 8.33. The standard InChI is InChI=1S/C43H52N8O7/c1-25(2)35(48-41(54)56-5)39(52)50-19-7-9-33(50)37-44-23-32(47-37)29-15-12-27(13-16-29)10-11-28-14-17-30-31(21-28)46-38(45-30)34-22-43(18-8-20-58-43)24-51(34)40(53)36(26(3)4)49-42(55)57-6/h12-17,21,23,25-26,33-36H,7-9,18-20,22,24H2,1-6H3,(H,44,47)(H,45,46)(H,48,54)(H,49,55)/t33-,34-,35-,36-,43+/m0/s1. The van der Waals surface area contributed by atoms with Crippen LogP contribution in [0.4, 0.5) is 9.59 Å². The van der Waals surface area contributed by atoms with Crippen molar-refractivity contribution in [1.29, 1.82) is 0 Å². The van der Waals surface area contributed by atoms with E-state index < -0.39 is 29.9 Å². The first-order valence-electron chi connectivity index (χ1n) is 20.0. The van der Waals surface area contributed by atoms with E-state index in [4.69, 9.17) is 19.2 Å². The topological polar surface area (TPSA) is 184 Å². The van der Waals surface area contributed by atoms with Gasteiger partial charge in [-0.25, -0.2) is 19.6 Å². The van der Waals surface area contributed by atoms with Crippen molar-refractivity contribution in [2.45, 2.75) is 89.6 Å². The number of carbonyl (C=O) groups is 4. The predicted molar refractivity (Wildman–Crippen MR) is 215 cm³/mol. The van der Waals surface area contributed by atoms with E-state index in [0.29, 0.717) is 37.8 Å². The molecule has 5 atom stereocenters. The Morgan fingerprint density at radius 3 is 2.14 bits per heavy atom. The quantitative estimate of drug-likeness (QED) is 0.157. The molecule has 0 bridgehead atoms. The number of fused-ring (bicyclic) bond motifs is 1. The summed E-state index contributed by atoms with van der Waals surface area (Å²) in [6, 6.07) is 11.7. The summed E-state index contributed by atoms with van der Waals surface area (Å²) in [4.78, 5) is 71.7. The van der Waals surface area contributed by atoms with Crippen molar-refractivity contribution in [3.05, 3.63) is 71.4 Å². The number of imidazole rings is 2. The third kappa shape index (κ3) is 8.38. The molecule has 7 rings (SSSR count). The molecule has 1 spiro atoms. The SMILES string of the molecule is COC(=O)N[C@H](C(=O)N1CCC[C@H]1c1ncc(-c2ccc(C#Cc3ccc4nc([C@@H]5C[C@]6(CCCO6)CN5C(=O)[C@@H](NC(=O)OC)C(C)C)[nH]c4c3)cc2)[nH]1)C(C)C. The van der Waals surface area contributed by atoms with Crippen molar-refractivity contribution in [1.82, 2.24) is 40.4 Å². The number of H-pyrrole nitrogens is 2. The normalized spacial score (nSPS) is 21.3. The lowest BCUT2D eigenvalue weighted by atomic mass is 9.96. The van der Waals surface area contributed by atoms with Gasteiger partial charge < -0.3 is 44.6 Å². The first-order chi connectivity index (χ1) is 27.9. The number of methoxy groups -OCH3 is 2. The minimum absolute atomic E-state index is 0.113. The van der Waals surface area contributed by atoms with Crippen LogP contribution >= 0.6 is 0 Å². The number of ether oxygens (including phenoxy) is 3. The number of hydrogen-bond acceptors (Lipinski definition) is 9. The minimum Gasteiger partial charge on any atom is -0.453 e. The van der Waals surface area contributed by atoms with Crippen LogP contribution in [0.1, 0.15) is 94.7 Å². The van der Waals surface area contributed by atoms with E-state index >= 15 is 0 Å². The molecule has 3 fully saturated rings. The first-order valence-corrected chi connectivity index (χ1v) is 20.0. The largest absolute Gasteiger partial charge is 0.453 e. The highest BCUT2D eigenvalue weighted by atomic mass is 16.5. The monoisotopic (exact) mass is 792 g/mol. The van der Waals surface area contributed by atoms with Gasteiger partial charge >= 0.3 is 12.2 Å². The molecular weight excluding hydrogens is 741 g/mol. The number of rotatable bonds is 9. The van der Waals surface area contributed by atoms with Gasteiger partial charge in [-0.15, -0.1) is 0 Å². The number of benzene rings is 2. The molecule has 15 nitrogen and oxygen atoms in total. The Kier molecular flexibility index (Phi) is 11.8. The van der Waals surface area contributed by atoms with Crippen molar-refractivity contribution < 1.29 is 33.4 Å². The maximum Gasteiger partial charge on any atom is 0.407 e. The Labute approximate surface area is 338 Å². The number of amides is 4. The van der Waals surface area contributed by atoms with Gasteiger partial charge in [0.2, 0.25) is 11.8 Å². The summed E-state index contributed by atoms with van der Waals surface area (Å²) in [6.07, 6.45) is 4.50. The van der Waals surface area contributed by atoms with Gasteiger partial charge in [0.05, 0.1) is 61.4 Å². The van der Waals surface area contributed by atoms with Gasteiger partial charge in [-0.1, -0.05) is 51.7 Å². The van der Waals surface area contributed by atoms with E-state index in [0.717, 1.165) is 59.1 Å². The highest BCUT2D eigenvalue weighted by Crippen LogP contribution is 2.45. The molecule has 0 unspecified atom stereocenters. The highest BCUT2D eigenvalue weighted by Gasteiger charge is 2.51. The number of likely N-dealkylation sites (tertiary alicyclic amines) is 2. The summed E-state index contributed by atoms with van der Waals surface area (Å²) in [5.74, 6) is 7.29. The average Bonchev–Trinajstić information content (AvgIpc) is 4.08. The van der Waals surface area contributed by atoms with Gasteiger partial charge in [-0.2, -0.15) is 0 Å². The molecule has 58 heavy (non-hydrogen) atoms. The summed E-state index contributed by atoms with van der Waals surface area (Å²) in [5, 5.41) is 5.41. The molecule has 3 aliphatic rings. The minimum atomic E-state index is -0.759. The summed E-state index contributed by atoms with van der Waals surface area (Å²) in [6.45, 7) is 9.24. The Bertz CT molecular complexity index is 2210. The zero-order valence-corrected chi connectivity index (χ0v) is 33.9. The van der Waals surface area contributed by atoms with Crippen LogP contribution in [-0.2, 0) is 23.8 Å². The Morgan fingerprint density at radius 2 is 1.50 bits per heavy atom. The maximum atomic E-state index is 14.0. The van der Waals surface area contributed by atoms with Crippen LogP contribution < -0.4 is 10.6 Å². The highest BCUT2D eigenvalue weighted by molar-refractivity contribution is 5.87. The predicted octanol–water partition coefficient (Wildman–Crippen LogP) is 5.60. The average molecular weight is 793 g/mol. The number of aromatic nitrogens is 4. The van der Waals surface area contributed by atoms with Gasteiger partial charge in [0.15, 0.2) is 0 Å². The molecule has 4 amide bonds. The van der Waals surface area contributed by atoms with Crippen LogP contribution in [0, 0.1) is 23.7 Å². The zero-order valence-electron chi connectivity index (χ0n) is 33.9. The van der Waals surface area contributed by atoms with Gasteiger partial charge in [0, 0.05) is 30.7 Å². The van der Waals surface area contributed by atoms with E-state index in [1.807, 2.05) is 70.2 Å². The second-order valence-corrected chi connectivity index (χ2v) is 16.1. The number of nitrogens with one attached hydrogen (secondary N) is 4. The van der Waals surface area contributed by atoms with E-state index in [1.54, 1.807) is 16.0 Å². The number of hydrogen-bond donors (Lipinski definition) is 4. The van der Waals surface area contributed by atoms with Crippen LogP contribution in [0.15, 0.2) is 48.7 Å². The molecule has 0 aliphatic carbocycles. The molecule has 0 radical (unpaired) electrons.